The maximum absolute atomic E-state index is 11.2. The van der Waals surface area contributed by atoms with Crippen molar-refractivity contribution in [2.45, 2.75) is 13.3 Å². The first-order valence-electron chi connectivity index (χ1n) is 6.34. The van der Waals surface area contributed by atoms with Gasteiger partial charge in [-0.25, -0.2) is 9.48 Å². The van der Waals surface area contributed by atoms with Gasteiger partial charge < -0.3 is 5.11 Å². The lowest BCUT2D eigenvalue weighted by atomic mass is 10.2. The maximum Gasteiger partial charge on any atom is 0.358 e. The van der Waals surface area contributed by atoms with Gasteiger partial charge in [0, 0.05) is 16.1 Å². The van der Waals surface area contributed by atoms with Gasteiger partial charge in [0.15, 0.2) is 5.69 Å². The summed E-state index contributed by atoms with van der Waals surface area (Å²) in [4.78, 5) is 15.6. The van der Waals surface area contributed by atoms with E-state index in [-0.39, 0.29) is 5.69 Å². The van der Waals surface area contributed by atoms with Crippen LogP contribution in [0.4, 0.5) is 0 Å². The molecule has 106 valence electrons. The number of rotatable bonds is 3. The average molecular weight is 347 g/mol. The van der Waals surface area contributed by atoms with Crippen LogP contribution in [0.2, 0.25) is 0 Å². The number of carboxylic acids is 1. The number of benzene rings is 1. The first kappa shape index (κ1) is 13.7. The van der Waals surface area contributed by atoms with E-state index >= 15 is 0 Å². The fourth-order valence-corrected chi connectivity index (χ4v) is 2.62. The second-order valence-corrected chi connectivity index (χ2v) is 5.37. The van der Waals surface area contributed by atoms with Crippen LogP contribution in [0.5, 0.6) is 0 Å². The van der Waals surface area contributed by atoms with E-state index in [4.69, 9.17) is 5.11 Å². The van der Waals surface area contributed by atoms with E-state index in [9.17, 15) is 4.79 Å². The Balaban J connectivity index is 2.28. The highest BCUT2D eigenvalue weighted by Gasteiger charge is 2.19. The summed E-state index contributed by atoms with van der Waals surface area (Å²) in [5.74, 6) is -1.07. The first-order valence-corrected chi connectivity index (χ1v) is 7.13. The maximum atomic E-state index is 11.2. The van der Waals surface area contributed by atoms with Crippen LogP contribution in [0.25, 0.3) is 16.6 Å². The number of fused-ring (bicyclic) bond motifs is 1. The Hall–Kier alpha value is -2.28. The normalized spacial score (nSPS) is 11.0. The molecule has 0 fully saturated rings. The summed E-state index contributed by atoms with van der Waals surface area (Å²) in [7, 11) is 0. The lowest BCUT2D eigenvalue weighted by molar-refractivity contribution is 0.0689. The molecule has 1 N–H and O–H groups in total. The third-order valence-corrected chi connectivity index (χ3v) is 3.62. The monoisotopic (exact) mass is 346 g/mol. The zero-order valence-corrected chi connectivity index (χ0v) is 12.7. The van der Waals surface area contributed by atoms with Crippen molar-refractivity contribution >= 4 is 32.8 Å². The van der Waals surface area contributed by atoms with Gasteiger partial charge in [-0.05, 0) is 34.5 Å². The minimum absolute atomic E-state index is 0.0217. The predicted octanol–water partition coefficient (Wildman–Crippen LogP) is 2.84. The zero-order chi connectivity index (χ0) is 15.0. The van der Waals surface area contributed by atoms with Crippen LogP contribution in [0.15, 0.2) is 34.9 Å². The second kappa shape index (κ2) is 5.25. The minimum Gasteiger partial charge on any atom is -0.476 e. The molecule has 3 aromatic rings. The minimum atomic E-state index is -1.07. The largest absolute Gasteiger partial charge is 0.476 e. The van der Waals surface area contributed by atoms with Crippen molar-refractivity contribution in [3.05, 3.63) is 46.3 Å². The van der Waals surface area contributed by atoms with Gasteiger partial charge in [0.25, 0.3) is 0 Å². The van der Waals surface area contributed by atoms with Crippen molar-refractivity contribution in [3.63, 3.8) is 0 Å². The van der Waals surface area contributed by atoms with E-state index in [0.717, 1.165) is 21.1 Å². The lowest BCUT2D eigenvalue weighted by Gasteiger charge is -2.08. The van der Waals surface area contributed by atoms with Gasteiger partial charge in [0.05, 0.1) is 16.9 Å². The van der Waals surface area contributed by atoms with E-state index in [0.29, 0.717) is 12.1 Å². The molecule has 7 heteroatoms. The summed E-state index contributed by atoms with van der Waals surface area (Å²) in [6.07, 6.45) is 2.22. The van der Waals surface area contributed by atoms with Gasteiger partial charge in [-0.1, -0.05) is 24.3 Å². The predicted molar refractivity (Wildman–Crippen MR) is 80.7 cm³/mol. The van der Waals surface area contributed by atoms with Gasteiger partial charge in [0.2, 0.25) is 0 Å². The molecular weight excluding hydrogens is 336 g/mol. The highest BCUT2D eigenvalue weighted by molar-refractivity contribution is 9.10. The Morgan fingerprint density at radius 2 is 2.24 bits per heavy atom. The molecule has 21 heavy (non-hydrogen) atoms. The molecule has 0 aliphatic carbocycles. The number of para-hydroxylation sites is 1. The highest BCUT2D eigenvalue weighted by atomic mass is 79.9. The number of aromatic carboxylic acids is 1. The van der Waals surface area contributed by atoms with E-state index in [2.05, 4.69) is 31.2 Å². The molecule has 6 nitrogen and oxygen atoms in total. The van der Waals surface area contributed by atoms with E-state index < -0.39 is 5.97 Å². The zero-order valence-electron chi connectivity index (χ0n) is 11.1. The Morgan fingerprint density at radius 1 is 1.43 bits per heavy atom. The molecule has 3 rings (SSSR count). The average Bonchev–Trinajstić information content (AvgIpc) is 2.90. The highest BCUT2D eigenvalue weighted by Crippen LogP contribution is 2.24. The third-order valence-electron chi connectivity index (χ3n) is 3.19. The summed E-state index contributed by atoms with van der Waals surface area (Å²) in [6.45, 7) is 1.87. The van der Waals surface area contributed by atoms with E-state index in [1.807, 2.05) is 31.2 Å². The number of carboxylic acid groups (broad SMARTS) is 1. The summed E-state index contributed by atoms with van der Waals surface area (Å²) < 4.78 is 2.43. The quantitative estimate of drug-likeness (QED) is 0.788. The molecule has 2 aromatic heterocycles. The van der Waals surface area contributed by atoms with Crippen LogP contribution in [-0.2, 0) is 6.42 Å². The van der Waals surface area contributed by atoms with Crippen LogP contribution in [-0.4, -0.2) is 31.1 Å². The second-order valence-electron chi connectivity index (χ2n) is 4.46. The van der Waals surface area contributed by atoms with Crippen LogP contribution in [0, 0.1) is 0 Å². The van der Waals surface area contributed by atoms with Crippen molar-refractivity contribution < 1.29 is 9.90 Å². The van der Waals surface area contributed by atoms with Crippen molar-refractivity contribution in [1.82, 2.24) is 20.0 Å². The number of hydrogen-bond donors (Lipinski definition) is 1. The van der Waals surface area contributed by atoms with Crippen molar-refractivity contribution in [3.8, 4) is 5.69 Å². The summed E-state index contributed by atoms with van der Waals surface area (Å²) in [5, 5.41) is 17.9. The van der Waals surface area contributed by atoms with Crippen LogP contribution in [0.3, 0.4) is 0 Å². The molecule has 0 spiro atoms. The summed E-state index contributed by atoms with van der Waals surface area (Å²) in [6, 6.07) is 7.62. The van der Waals surface area contributed by atoms with Crippen LogP contribution < -0.4 is 0 Å². The fourth-order valence-electron chi connectivity index (χ4n) is 2.27. The number of carbonyl (C=O) groups is 1. The molecule has 0 saturated carbocycles. The van der Waals surface area contributed by atoms with Crippen LogP contribution >= 0.6 is 15.9 Å². The van der Waals surface area contributed by atoms with Gasteiger partial charge in [-0.3, -0.25) is 4.98 Å². The number of pyridine rings is 1. The Kier molecular flexibility index (Phi) is 3.42. The van der Waals surface area contributed by atoms with Crippen molar-refractivity contribution in [2.75, 3.05) is 0 Å². The Bertz CT molecular complexity index is 844. The molecule has 1 aromatic carbocycles. The summed E-state index contributed by atoms with van der Waals surface area (Å²) in [5.41, 5.74) is 2.00. The van der Waals surface area contributed by atoms with E-state index in [1.165, 1.54) is 0 Å². The molecule has 0 aliphatic rings. The Labute approximate surface area is 128 Å². The molecule has 0 bridgehead atoms. The molecular formula is C14H11BrN4O2. The molecule has 0 unspecified atom stereocenters. The van der Waals surface area contributed by atoms with Gasteiger partial charge in [-0.15, -0.1) is 5.10 Å². The molecule has 2 heterocycles. The van der Waals surface area contributed by atoms with Crippen molar-refractivity contribution in [2.24, 2.45) is 0 Å². The fraction of sp³-hybridized carbons (Fsp3) is 0.143. The molecule has 0 amide bonds. The third kappa shape index (κ3) is 2.29. The topological polar surface area (TPSA) is 80.9 Å². The summed E-state index contributed by atoms with van der Waals surface area (Å²) >= 11 is 3.39. The van der Waals surface area contributed by atoms with Gasteiger partial charge >= 0.3 is 5.97 Å². The standard InChI is InChI=1S/C14H11BrN4O2/c1-2-10-13(14(20)21)17-18-19(10)11-5-3-4-8-6-9(15)7-16-12(8)11/h3-7H,2H2,1H3,(H,20,21). The molecule has 0 radical (unpaired) electrons. The van der Waals surface area contributed by atoms with Gasteiger partial charge in [0.1, 0.15) is 0 Å². The molecule has 0 saturated heterocycles. The van der Waals surface area contributed by atoms with Crippen molar-refractivity contribution in [1.29, 1.82) is 0 Å². The number of nitrogens with zero attached hydrogens (tertiary/aromatic N) is 4. The Morgan fingerprint density at radius 3 is 2.95 bits per heavy atom. The number of halogens is 1. The van der Waals surface area contributed by atoms with Crippen LogP contribution in [0.1, 0.15) is 23.1 Å². The first-order chi connectivity index (χ1) is 10.1. The number of aromatic nitrogens is 4. The van der Waals surface area contributed by atoms with Gasteiger partial charge in [-0.2, -0.15) is 0 Å². The SMILES string of the molecule is CCc1c(C(=O)O)nnn1-c1cccc2cc(Br)cnc12. The number of hydrogen-bond acceptors (Lipinski definition) is 4. The molecule has 0 aliphatic heterocycles. The molecule has 0 atom stereocenters. The smallest absolute Gasteiger partial charge is 0.358 e. The van der Waals surface area contributed by atoms with E-state index in [1.54, 1.807) is 10.9 Å². The lowest BCUT2D eigenvalue weighted by Crippen LogP contribution is -2.06.